The molecule has 0 saturated carbocycles. The summed E-state index contributed by atoms with van der Waals surface area (Å²) >= 11 is 0. The standard InChI is InChI=1S/C20H28N2O2/c1-3-5-18(14-23)22-13-16-12-17(6-7-19(16)20(22)24)21-10-8-15(4-2)9-11-21/h6-7,12,14-15,18H,3-5,8-11,13H2,1-2H3. The van der Waals surface area contributed by atoms with Gasteiger partial charge in [-0.15, -0.1) is 0 Å². The smallest absolute Gasteiger partial charge is 0.255 e. The Balaban J connectivity index is 1.75. The molecule has 4 heteroatoms. The molecule has 0 N–H and O–H groups in total. The Morgan fingerprint density at radius 3 is 2.62 bits per heavy atom. The van der Waals surface area contributed by atoms with E-state index in [9.17, 15) is 9.59 Å². The highest BCUT2D eigenvalue weighted by Gasteiger charge is 2.32. The second-order valence-electron chi connectivity index (χ2n) is 7.11. The lowest BCUT2D eigenvalue weighted by Gasteiger charge is -2.33. The maximum absolute atomic E-state index is 12.6. The third kappa shape index (κ3) is 3.19. The minimum atomic E-state index is -0.293. The van der Waals surface area contributed by atoms with Crippen molar-refractivity contribution in [2.75, 3.05) is 18.0 Å². The van der Waals surface area contributed by atoms with E-state index in [4.69, 9.17) is 0 Å². The lowest BCUT2D eigenvalue weighted by atomic mass is 9.94. The van der Waals surface area contributed by atoms with Crippen LogP contribution < -0.4 is 4.90 Å². The summed E-state index contributed by atoms with van der Waals surface area (Å²) in [6, 6.07) is 5.89. The molecule has 24 heavy (non-hydrogen) atoms. The van der Waals surface area contributed by atoms with E-state index >= 15 is 0 Å². The van der Waals surface area contributed by atoms with Crippen molar-refractivity contribution < 1.29 is 9.59 Å². The second kappa shape index (κ2) is 7.37. The fourth-order valence-electron chi connectivity index (χ4n) is 3.99. The maximum Gasteiger partial charge on any atom is 0.255 e. The number of amides is 1. The Morgan fingerprint density at radius 1 is 1.25 bits per heavy atom. The van der Waals surface area contributed by atoms with Crippen LogP contribution in [0.2, 0.25) is 0 Å². The van der Waals surface area contributed by atoms with Crippen LogP contribution in [0, 0.1) is 5.92 Å². The normalized spacial score (nSPS) is 19.5. The molecule has 1 atom stereocenters. The Morgan fingerprint density at radius 2 is 2.00 bits per heavy atom. The van der Waals surface area contributed by atoms with Crippen molar-refractivity contribution in [2.24, 2.45) is 5.92 Å². The van der Waals surface area contributed by atoms with E-state index in [0.29, 0.717) is 6.54 Å². The molecule has 1 unspecified atom stereocenters. The average molecular weight is 328 g/mol. The van der Waals surface area contributed by atoms with E-state index in [1.807, 2.05) is 13.0 Å². The van der Waals surface area contributed by atoms with Gasteiger partial charge in [-0.2, -0.15) is 0 Å². The lowest BCUT2D eigenvalue weighted by molar-refractivity contribution is -0.112. The van der Waals surface area contributed by atoms with E-state index in [-0.39, 0.29) is 11.9 Å². The number of carbonyl (C=O) groups excluding carboxylic acids is 2. The van der Waals surface area contributed by atoms with Crippen LogP contribution in [0.4, 0.5) is 5.69 Å². The molecule has 1 amide bonds. The van der Waals surface area contributed by atoms with Crippen molar-refractivity contribution in [2.45, 2.75) is 58.5 Å². The summed E-state index contributed by atoms with van der Waals surface area (Å²) in [6.07, 6.45) is 6.34. The highest BCUT2D eigenvalue weighted by molar-refractivity contribution is 6.00. The zero-order valence-corrected chi connectivity index (χ0v) is 14.8. The predicted octanol–water partition coefficient (Wildman–Crippen LogP) is 3.64. The van der Waals surface area contributed by atoms with Crippen LogP contribution in [-0.2, 0) is 11.3 Å². The van der Waals surface area contributed by atoms with Crippen LogP contribution in [0.25, 0.3) is 0 Å². The van der Waals surface area contributed by atoms with Gasteiger partial charge in [-0.05, 0) is 48.9 Å². The minimum Gasteiger partial charge on any atom is -0.372 e. The first-order valence-electron chi connectivity index (χ1n) is 9.32. The van der Waals surface area contributed by atoms with Crippen LogP contribution in [0.3, 0.4) is 0 Å². The van der Waals surface area contributed by atoms with E-state index < -0.39 is 0 Å². The Bertz CT molecular complexity index is 606. The van der Waals surface area contributed by atoms with E-state index in [1.165, 1.54) is 24.9 Å². The lowest BCUT2D eigenvalue weighted by Crippen LogP contribution is -2.36. The van der Waals surface area contributed by atoms with E-state index in [1.54, 1.807) is 4.90 Å². The molecule has 1 aromatic carbocycles. The Hall–Kier alpha value is -1.84. The zero-order chi connectivity index (χ0) is 17.1. The topological polar surface area (TPSA) is 40.6 Å². The van der Waals surface area contributed by atoms with Crippen LogP contribution >= 0.6 is 0 Å². The van der Waals surface area contributed by atoms with Gasteiger partial charge in [0.2, 0.25) is 0 Å². The quantitative estimate of drug-likeness (QED) is 0.749. The Labute approximate surface area is 144 Å². The van der Waals surface area contributed by atoms with E-state index in [2.05, 4.69) is 24.0 Å². The molecule has 1 fully saturated rings. The zero-order valence-electron chi connectivity index (χ0n) is 14.8. The van der Waals surface area contributed by atoms with Gasteiger partial charge in [0.25, 0.3) is 5.91 Å². The van der Waals surface area contributed by atoms with Gasteiger partial charge in [-0.3, -0.25) is 4.79 Å². The van der Waals surface area contributed by atoms with Gasteiger partial charge in [0.15, 0.2) is 0 Å². The van der Waals surface area contributed by atoms with Gasteiger partial charge in [-0.25, -0.2) is 0 Å². The van der Waals surface area contributed by atoms with Gasteiger partial charge in [0, 0.05) is 30.9 Å². The number of fused-ring (bicyclic) bond motifs is 1. The highest BCUT2D eigenvalue weighted by atomic mass is 16.2. The van der Waals surface area contributed by atoms with Gasteiger partial charge in [-0.1, -0.05) is 26.7 Å². The molecule has 1 saturated heterocycles. The Kier molecular flexibility index (Phi) is 5.22. The fourth-order valence-corrected chi connectivity index (χ4v) is 3.99. The number of rotatable bonds is 6. The van der Waals surface area contributed by atoms with Gasteiger partial charge in [0.1, 0.15) is 6.29 Å². The number of nitrogens with zero attached hydrogens (tertiary/aromatic N) is 2. The summed E-state index contributed by atoms with van der Waals surface area (Å²) in [5, 5.41) is 0. The van der Waals surface area contributed by atoms with Crippen molar-refractivity contribution in [3.8, 4) is 0 Å². The van der Waals surface area contributed by atoms with Crippen LogP contribution in [0.1, 0.15) is 61.9 Å². The molecule has 0 radical (unpaired) electrons. The van der Waals surface area contributed by atoms with Gasteiger partial charge >= 0.3 is 0 Å². The van der Waals surface area contributed by atoms with Crippen molar-refractivity contribution >= 4 is 17.9 Å². The summed E-state index contributed by atoms with van der Waals surface area (Å²) in [5.74, 6) is 0.863. The molecule has 4 nitrogen and oxygen atoms in total. The third-order valence-corrected chi connectivity index (χ3v) is 5.62. The first-order chi connectivity index (χ1) is 11.7. The van der Waals surface area contributed by atoms with Crippen LogP contribution in [0.15, 0.2) is 18.2 Å². The van der Waals surface area contributed by atoms with Gasteiger partial charge < -0.3 is 14.6 Å². The molecular weight excluding hydrogens is 300 g/mol. The van der Waals surface area contributed by atoms with Crippen molar-refractivity contribution in [1.82, 2.24) is 4.90 Å². The fraction of sp³-hybridized carbons (Fsp3) is 0.600. The number of piperidine rings is 1. The largest absolute Gasteiger partial charge is 0.372 e. The number of hydrogen-bond donors (Lipinski definition) is 0. The molecular formula is C20H28N2O2. The SMILES string of the molecule is CCCC(C=O)N1Cc2cc(N3CCC(CC)CC3)ccc2C1=O. The van der Waals surface area contributed by atoms with E-state index in [0.717, 1.165) is 49.3 Å². The van der Waals surface area contributed by atoms with Crippen molar-refractivity contribution in [1.29, 1.82) is 0 Å². The number of benzene rings is 1. The molecule has 1 aromatic rings. The number of aldehydes is 1. The molecule has 0 spiro atoms. The minimum absolute atomic E-state index is 0.00629. The third-order valence-electron chi connectivity index (χ3n) is 5.62. The van der Waals surface area contributed by atoms with Crippen molar-refractivity contribution in [3.63, 3.8) is 0 Å². The summed E-state index contributed by atoms with van der Waals surface area (Å²) < 4.78 is 0. The summed E-state index contributed by atoms with van der Waals surface area (Å²) in [4.78, 5) is 28.1. The molecule has 0 aliphatic carbocycles. The van der Waals surface area contributed by atoms with Crippen LogP contribution in [0.5, 0.6) is 0 Å². The monoisotopic (exact) mass is 328 g/mol. The summed E-state index contributed by atoms with van der Waals surface area (Å²) in [6.45, 7) is 7.08. The molecule has 3 rings (SSSR count). The van der Waals surface area contributed by atoms with Gasteiger partial charge in [0.05, 0.1) is 6.04 Å². The highest BCUT2D eigenvalue weighted by Crippen LogP contribution is 2.31. The molecule has 0 bridgehead atoms. The maximum atomic E-state index is 12.6. The second-order valence-corrected chi connectivity index (χ2v) is 7.11. The summed E-state index contributed by atoms with van der Waals surface area (Å²) in [7, 11) is 0. The van der Waals surface area contributed by atoms with Crippen LogP contribution in [-0.4, -0.2) is 36.2 Å². The molecule has 0 aromatic heterocycles. The molecule has 130 valence electrons. The number of carbonyl (C=O) groups is 2. The number of hydrogen-bond acceptors (Lipinski definition) is 3. The predicted molar refractivity (Wildman–Crippen MR) is 96.3 cm³/mol. The molecule has 2 aliphatic heterocycles. The first kappa shape index (κ1) is 17.0. The van der Waals surface area contributed by atoms with Crippen molar-refractivity contribution in [3.05, 3.63) is 29.3 Å². The molecule has 2 aliphatic rings. The number of anilines is 1. The average Bonchev–Trinajstić information content (AvgIpc) is 2.95. The first-order valence-corrected chi connectivity index (χ1v) is 9.32. The molecule has 2 heterocycles. The summed E-state index contributed by atoms with van der Waals surface area (Å²) in [5.41, 5.74) is 3.05.